The summed E-state index contributed by atoms with van der Waals surface area (Å²) < 4.78 is 27.4. The van der Waals surface area contributed by atoms with Crippen molar-refractivity contribution in [2.45, 2.75) is 4.90 Å². The van der Waals surface area contributed by atoms with Crippen molar-refractivity contribution in [1.82, 2.24) is 5.43 Å². The van der Waals surface area contributed by atoms with Crippen molar-refractivity contribution in [2.24, 2.45) is 5.10 Å². The van der Waals surface area contributed by atoms with Gasteiger partial charge in [0.05, 0.1) is 32.4 Å². The minimum atomic E-state index is -4.13. The molecule has 1 amide bonds. The number of halogens is 2. The van der Waals surface area contributed by atoms with Gasteiger partial charge in [-0.05, 0) is 36.4 Å². The Morgan fingerprint density at radius 3 is 2.30 bits per heavy atom. The molecule has 0 radical (unpaired) electrons. The first kappa shape index (κ1) is 24.2. The van der Waals surface area contributed by atoms with Gasteiger partial charge in [-0.1, -0.05) is 59.6 Å². The standard InChI is InChI=1S/C22H17Cl2N3O5S/c23-19-11-10-16(12-20(19)24)27(33(31,32)17-7-2-1-3-8-17)14-21(28)26-25-13-15-6-4-5-9-18(15)22(29)30/h1-13H,14H2,(H,26,28)(H,29,30)/b25-13-. The fourth-order valence-electron chi connectivity index (χ4n) is 2.82. The lowest BCUT2D eigenvalue weighted by Crippen LogP contribution is -2.39. The Morgan fingerprint density at radius 1 is 0.970 bits per heavy atom. The third kappa shape index (κ3) is 5.89. The average Bonchev–Trinajstić information content (AvgIpc) is 2.80. The number of carbonyl (C=O) groups excluding carboxylic acids is 1. The predicted octanol–water partition coefficient (Wildman–Crippen LogP) is 4.04. The van der Waals surface area contributed by atoms with E-state index in [2.05, 4.69) is 10.5 Å². The van der Waals surface area contributed by atoms with Gasteiger partial charge in [-0.2, -0.15) is 5.10 Å². The highest BCUT2D eigenvalue weighted by atomic mass is 35.5. The number of sulfonamides is 1. The highest BCUT2D eigenvalue weighted by Gasteiger charge is 2.27. The van der Waals surface area contributed by atoms with E-state index >= 15 is 0 Å². The molecule has 0 spiro atoms. The second kappa shape index (κ2) is 10.5. The zero-order valence-electron chi connectivity index (χ0n) is 16.9. The number of carboxylic acids is 1. The summed E-state index contributed by atoms with van der Waals surface area (Å²) in [5.74, 6) is -1.91. The molecule has 170 valence electrons. The lowest BCUT2D eigenvalue weighted by Gasteiger charge is -2.24. The van der Waals surface area contributed by atoms with Crippen LogP contribution in [0.4, 0.5) is 5.69 Å². The van der Waals surface area contributed by atoms with Crippen LogP contribution in [0.25, 0.3) is 0 Å². The van der Waals surface area contributed by atoms with Crippen LogP contribution < -0.4 is 9.73 Å². The number of rotatable bonds is 8. The molecule has 2 N–H and O–H groups in total. The third-order valence-electron chi connectivity index (χ3n) is 4.39. The van der Waals surface area contributed by atoms with Gasteiger partial charge in [-0.3, -0.25) is 9.10 Å². The van der Waals surface area contributed by atoms with Gasteiger partial charge in [0.2, 0.25) is 0 Å². The SMILES string of the molecule is O=C(CN(c1ccc(Cl)c(Cl)c1)S(=O)(=O)c1ccccc1)N/N=C\c1ccccc1C(=O)O. The molecule has 0 unspecified atom stereocenters. The van der Waals surface area contributed by atoms with E-state index in [0.29, 0.717) is 0 Å². The molecular formula is C22H17Cl2N3O5S. The summed E-state index contributed by atoms with van der Waals surface area (Å²) in [4.78, 5) is 23.8. The highest BCUT2D eigenvalue weighted by molar-refractivity contribution is 7.92. The first-order valence-electron chi connectivity index (χ1n) is 9.37. The van der Waals surface area contributed by atoms with Crippen LogP contribution in [0.15, 0.2) is 82.8 Å². The van der Waals surface area contributed by atoms with Crippen LogP contribution in [0.1, 0.15) is 15.9 Å². The van der Waals surface area contributed by atoms with E-state index in [1.165, 1.54) is 42.5 Å². The second-order valence-electron chi connectivity index (χ2n) is 6.61. The number of carbonyl (C=O) groups is 2. The number of benzene rings is 3. The van der Waals surface area contributed by atoms with Crippen LogP contribution in [-0.4, -0.2) is 38.2 Å². The van der Waals surface area contributed by atoms with E-state index in [4.69, 9.17) is 23.2 Å². The van der Waals surface area contributed by atoms with Gasteiger partial charge in [-0.15, -0.1) is 0 Å². The average molecular weight is 506 g/mol. The Bertz CT molecular complexity index is 1310. The highest BCUT2D eigenvalue weighted by Crippen LogP contribution is 2.30. The lowest BCUT2D eigenvalue weighted by molar-refractivity contribution is -0.119. The van der Waals surface area contributed by atoms with Crippen LogP contribution >= 0.6 is 23.2 Å². The summed E-state index contributed by atoms with van der Waals surface area (Å²) in [6, 6.07) is 17.9. The van der Waals surface area contributed by atoms with Crippen LogP contribution in [0.5, 0.6) is 0 Å². The molecule has 0 aliphatic heterocycles. The predicted molar refractivity (Wildman–Crippen MR) is 127 cm³/mol. The monoisotopic (exact) mass is 505 g/mol. The largest absolute Gasteiger partial charge is 0.478 e. The molecule has 0 aliphatic rings. The summed E-state index contributed by atoms with van der Waals surface area (Å²) in [5, 5.41) is 13.3. The first-order valence-corrected chi connectivity index (χ1v) is 11.6. The third-order valence-corrected chi connectivity index (χ3v) is 6.92. The fraction of sp³-hybridized carbons (Fsp3) is 0.0455. The van der Waals surface area contributed by atoms with Gasteiger partial charge in [0.25, 0.3) is 15.9 Å². The van der Waals surface area contributed by atoms with Crippen molar-refractivity contribution in [3.8, 4) is 0 Å². The molecule has 0 heterocycles. The molecule has 11 heteroatoms. The van der Waals surface area contributed by atoms with E-state index in [1.807, 2.05) is 0 Å². The summed E-state index contributed by atoms with van der Waals surface area (Å²) in [6.45, 7) is -0.618. The summed E-state index contributed by atoms with van der Waals surface area (Å²) in [7, 11) is -4.13. The first-order chi connectivity index (χ1) is 15.7. The Morgan fingerprint density at radius 2 is 1.64 bits per heavy atom. The van der Waals surface area contributed by atoms with Gasteiger partial charge in [0.15, 0.2) is 0 Å². The molecule has 3 aromatic rings. The minimum Gasteiger partial charge on any atom is -0.478 e. The number of anilines is 1. The van der Waals surface area contributed by atoms with Crippen LogP contribution in [0, 0.1) is 0 Å². The van der Waals surface area contributed by atoms with Crippen molar-refractivity contribution < 1.29 is 23.1 Å². The van der Waals surface area contributed by atoms with Crippen molar-refractivity contribution in [2.75, 3.05) is 10.8 Å². The minimum absolute atomic E-state index is 0.000382. The number of hydrazone groups is 1. The zero-order chi connectivity index (χ0) is 24.0. The molecule has 0 bridgehead atoms. The molecular weight excluding hydrogens is 489 g/mol. The normalized spacial score (nSPS) is 11.3. The van der Waals surface area contributed by atoms with Gasteiger partial charge in [-0.25, -0.2) is 18.6 Å². The Hall–Kier alpha value is -3.40. The van der Waals surface area contributed by atoms with Crippen LogP contribution in [-0.2, 0) is 14.8 Å². The number of nitrogens with one attached hydrogen (secondary N) is 1. The number of carboxylic acid groups (broad SMARTS) is 1. The smallest absolute Gasteiger partial charge is 0.336 e. The second-order valence-corrected chi connectivity index (χ2v) is 9.29. The van der Waals surface area contributed by atoms with Gasteiger partial charge >= 0.3 is 5.97 Å². The maximum atomic E-state index is 13.2. The van der Waals surface area contributed by atoms with E-state index in [9.17, 15) is 23.1 Å². The molecule has 0 fully saturated rings. The van der Waals surface area contributed by atoms with E-state index in [1.54, 1.807) is 30.3 Å². The van der Waals surface area contributed by atoms with Crippen LogP contribution in [0.2, 0.25) is 10.0 Å². The van der Waals surface area contributed by atoms with Crippen molar-refractivity contribution in [3.05, 3.63) is 94.0 Å². The quantitative estimate of drug-likeness (QED) is 0.354. The number of amides is 1. The van der Waals surface area contributed by atoms with Crippen LogP contribution in [0.3, 0.4) is 0 Å². The number of aromatic carboxylic acids is 1. The van der Waals surface area contributed by atoms with Crippen molar-refractivity contribution in [1.29, 1.82) is 0 Å². The molecule has 33 heavy (non-hydrogen) atoms. The molecule has 0 saturated carbocycles. The molecule has 3 rings (SSSR count). The molecule has 0 atom stereocenters. The fourth-order valence-corrected chi connectivity index (χ4v) is 4.55. The Balaban J connectivity index is 1.87. The molecule has 0 saturated heterocycles. The van der Waals surface area contributed by atoms with Gasteiger partial charge < -0.3 is 5.11 Å². The van der Waals surface area contributed by atoms with E-state index < -0.39 is 28.4 Å². The Labute approximate surface area is 200 Å². The Kier molecular flexibility index (Phi) is 7.70. The number of nitrogens with zero attached hydrogens (tertiary/aromatic N) is 2. The maximum Gasteiger partial charge on any atom is 0.336 e. The topological polar surface area (TPSA) is 116 Å². The zero-order valence-corrected chi connectivity index (χ0v) is 19.2. The summed E-state index contributed by atoms with van der Waals surface area (Å²) in [6.07, 6.45) is 1.16. The van der Waals surface area contributed by atoms with Gasteiger partial charge in [0, 0.05) is 5.56 Å². The van der Waals surface area contributed by atoms with Crippen molar-refractivity contribution in [3.63, 3.8) is 0 Å². The lowest BCUT2D eigenvalue weighted by atomic mass is 10.1. The number of hydrogen-bond acceptors (Lipinski definition) is 5. The molecule has 0 aromatic heterocycles. The van der Waals surface area contributed by atoms with Crippen molar-refractivity contribution >= 4 is 57.0 Å². The van der Waals surface area contributed by atoms with E-state index in [0.717, 1.165) is 10.5 Å². The molecule has 0 aliphatic carbocycles. The summed E-state index contributed by atoms with van der Waals surface area (Å²) >= 11 is 12.0. The van der Waals surface area contributed by atoms with E-state index in [-0.39, 0.29) is 31.8 Å². The summed E-state index contributed by atoms with van der Waals surface area (Å²) in [5.41, 5.74) is 2.61. The molecule has 8 nitrogen and oxygen atoms in total. The van der Waals surface area contributed by atoms with Gasteiger partial charge in [0.1, 0.15) is 6.54 Å². The number of hydrogen-bond donors (Lipinski definition) is 2. The molecule has 3 aromatic carbocycles. The maximum absolute atomic E-state index is 13.2.